The first kappa shape index (κ1) is 14.1. The predicted octanol–water partition coefficient (Wildman–Crippen LogP) is 2.89. The minimum Gasteiger partial charge on any atom is -0.462 e. The first-order valence-corrected chi connectivity index (χ1v) is 7.58. The van der Waals surface area contributed by atoms with Gasteiger partial charge in [-0.05, 0) is 37.2 Å². The molecule has 2 atom stereocenters. The van der Waals surface area contributed by atoms with E-state index in [-0.39, 0.29) is 11.8 Å². The summed E-state index contributed by atoms with van der Waals surface area (Å²) in [7, 11) is 0. The van der Waals surface area contributed by atoms with Gasteiger partial charge in [-0.25, -0.2) is 4.79 Å². The number of rotatable bonds is 4. The topological polar surface area (TPSA) is 77.2 Å². The van der Waals surface area contributed by atoms with Gasteiger partial charge in [-0.2, -0.15) is 4.37 Å². The third-order valence-corrected chi connectivity index (χ3v) is 4.26. The van der Waals surface area contributed by atoms with E-state index in [2.05, 4.69) is 16.6 Å². The maximum absolute atomic E-state index is 11.9. The van der Waals surface area contributed by atoms with E-state index < -0.39 is 0 Å². The van der Waals surface area contributed by atoms with Crippen molar-refractivity contribution in [2.45, 2.75) is 45.6 Å². The average Bonchev–Trinajstić information content (AvgIpc) is 2.71. The molecule has 0 aliphatic heterocycles. The van der Waals surface area contributed by atoms with Gasteiger partial charge in [0, 0.05) is 6.04 Å². The van der Waals surface area contributed by atoms with E-state index in [1.165, 1.54) is 24.4 Å². The molecule has 0 bridgehead atoms. The van der Waals surface area contributed by atoms with Crippen LogP contribution in [0.15, 0.2) is 0 Å². The Bertz CT molecular complexity index is 447. The van der Waals surface area contributed by atoms with Crippen molar-refractivity contribution in [2.24, 2.45) is 5.92 Å². The first-order chi connectivity index (χ1) is 9.11. The van der Waals surface area contributed by atoms with Crippen molar-refractivity contribution in [3.8, 4) is 0 Å². The van der Waals surface area contributed by atoms with Crippen molar-refractivity contribution < 1.29 is 9.53 Å². The lowest BCUT2D eigenvalue weighted by Crippen LogP contribution is -2.26. The number of nitrogens with zero attached hydrogens (tertiary/aromatic N) is 1. The summed E-state index contributed by atoms with van der Waals surface area (Å²) in [5, 5.41) is 4.16. The fraction of sp³-hybridized carbons (Fsp3) is 0.692. The van der Waals surface area contributed by atoms with E-state index in [1.54, 1.807) is 6.92 Å². The van der Waals surface area contributed by atoms with Crippen molar-refractivity contribution in [1.82, 2.24) is 4.37 Å². The van der Waals surface area contributed by atoms with Crippen molar-refractivity contribution in [3.05, 3.63) is 5.56 Å². The molecule has 0 radical (unpaired) electrons. The third-order valence-electron chi connectivity index (χ3n) is 3.47. The van der Waals surface area contributed by atoms with Gasteiger partial charge in [0.2, 0.25) is 0 Å². The van der Waals surface area contributed by atoms with Crippen LogP contribution < -0.4 is 11.1 Å². The van der Waals surface area contributed by atoms with Gasteiger partial charge >= 0.3 is 5.97 Å². The van der Waals surface area contributed by atoms with Crippen LogP contribution in [0.2, 0.25) is 0 Å². The average molecular weight is 283 g/mol. The Balaban J connectivity index is 2.09. The van der Waals surface area contributed by atoms with Crippen molar-refractivity contribution >= 4 is 28.3 Å². The molecule has 1 aliphatic carbocycles. The summed E-state index contributed by atoms with van der Waals surface area (Å²) in [5.41, 5.74) is 6.16. The summed E-state index contributed by atoms with van der Waals surface area (Å²) in [6.45, 7) is 4.39. The number of anilines is 2. The summed E-state index contributed by atoms with van der Waals surface area (Å²) in [6.07, 6.45) is 4.76. The molecule has 5 nitrogen and oxygen atoms in total. The molecule has 1 fully saturated rings. The van der Waals surface area contributed by atoms with E-state index in [9.17, 15) is 4.79 Å². The number of carbonyl (C=O) groups is 1. The standard InChI is InChI=1S/C13H21N3O2S/c1-3-18-13(17)10-11(14)16-19-12(10)15-9-6-4-5-8(2)7-9/h8-9,15H,3-7H2,1-2H3,(H2,14,16). The summed E-state index contributed by atoms with van der Waals surface area (Å²) < 4.78 is 9.09. The van der Waals surface area contributed by atoms with Crippen LogP contribution >= 0.6 is 11.5 Å². The maximum Gasteiger partial charge on any atom is 0.344 e. The Morgan fingerprint density at radius 3 is 3.05 bits per heavy atom. The van der Waals surface area contributed by atoms with Crippen molar-refractivity contribution in [3.63, 3.8) is 0 Å². The molecular weight excluding hydrogens is 262 g/mol. The number of hydrogen-bond acceptors (Lipinski definition) is 6. The molecule has 1 aromatic heterocycles. The van der Waals surface area contributed by atoms with Crippen LogP contribution in [0.1, 0.15) is 49.9 Å². The SMILES string of the molecule is CCOC(=O)c1c(N)nsc1NC1CCCC(C)C1. The molecule has 0 spiro atoms. The lowest BCUT2D eigenvalue weighted by Gasteiger charge is -2.27. The number of nitrogens with one attached hydrogen (secondary N) is 1. The zero-order chi connectivity index (χ0) is 13.8. The maximum atomic E-state index is 11.9. The quantitative estimate of drug-likeness (QED) is 0.831. The van der Waals surface area contributed by atoms with Crippen LogP contribution in [-0.2, 0) is 4.74 Å². The van der Waals surface area contributed by atoms with Crippen molar-refractivity contribution in [2.75, 3.05) is 17.7 Å². The largest absolute Gasteiger partial charge is 0.462 e. The van der Waals surface area contributed by atoms with Crippen LogP contribution in [0.25, 0.3) is 0 Å². The minimum absolute atomic E-state index is 0.259. The molecule has 0 aromatic carbocycles. The number of aromatic nitrogens is 1. The number of esters is 1. The van der Waals surface area contributed by atoms with Gasteiger partial charge in [0.05, 0.1) is 6.61 Å². The molecule has 1 heterocycles. The van der Waals surface area contributed by atoms with Crippen LogP contribution in [0.3, 0.4) is 0 Å². The molecule has 106 valence electrons. The molecule has 6 heteroatoms. The monoisotopic (exact) mass is 283 g/mol. The highest BCUT2D eigenvalue weighted by Gasteiger charge is 2.24. The first-order valence-electron chi connectivity index (χ1n) is 6.80. The Hall–Kier alpha value is -1.30. The van der Waals surface area contributed by atoms with Gasteiger partial charge in [0.25, 0.3) is 0 Å². The van der Waals surface area contributed by atoms with Crippen molar-refractivity contribution in [1.29, 1.82) is 0 Å². The molecule has 0 saturated heterocycles. The van der Waals surface area contributed by atoms with E-state index in [4.69, 9.17) is 10.5 Å². The second-order valence-corrected chi connectivity index (χ2v) is 5.88. The molecule has 1 aliphatic rings. The van der Waals surface area contributed by atoms with E-state index >= 15 is 0 Å². The number of nitrogen functional groups attached to an aromatic ring is 1. The van der Waals surface area contributed by atoms with Gasteiger partial charge < -0.3 is 15.8 Å². The molecule has 2 unspecified atom stereocenters. The van der Waals surface area contributed by atoms with Gasteiger partial charge in [-0.15, -0.1) is 0 Å². The number of carbonyl (C=O) groups excluding carboxylic acids is 1. The van der Waals surface area contributed by atoms with Crippen LogP contribution in [0, 0.1) is 5.92 Å². The fourth-order valence-electron chi connectivity index (χ4n) is 2.55. The van der Waals surface area contributed by atoms with Gasteiger partial charge in [0.15, 0.2) is 5.82 Å². The highest BCUT2D eigenvalue weighted by Crippen LogP contribution is 2.32. The van der Waals surface area contributed by atoms with E-state index in [0.717, 1.165) is 23.8 Å². The predicted molar refractivity (Wildman–Crippen MR) is 77.5 cm³/mol. The lowest BCUT2D eigenvalue weighted by atomic mass is 9.87. The van der Waals surface area contributed by atoms with Gasteiger partial charge in [0.1, 0.15) is 10.6 Å². The highest BCUT2D eigenvalue weighted by molar-refractivity contribution is 7.11. The zero-order valence-electron chi connectivity index (χ0n) is 11.4. The second-order valence-electron chi connectivity index (χ2n) is 5.11. The summed E-state index contributed by atoms with van der Waals surface area (Å²) in [6, 6.07) is 0.400. The van der Waals surface area contributed by atoms with Gasteiger partial charge in [-0.3, -0.25) is 0 Å². The summed E-state index contributed by atoms with van der Waals surface area (Å²) in [5.74, 6) is 0.595. The van der Waals surface area contributed by atoms with Crippen LogP contribution in [-0.4, -0.2) is 23.0 Å². The number of hydrogen-bond donors (Lipinski definition) is 2. The van der Waals surface area contributed by atoms with E-state index in [1.807, 2.05) is 0 Å². The highest BCUT2D eigenvalue weighted by atomic mass is 32.1. The Kier molecular flexibility index (Phi) is 4.63. The Labute approximate surface area is 117 Å². The van der Waals surface area contributed by atoms with Crippen LogP contribution in [0.4, 0.5) is 10.8 Å². The van der Waals surface area contributed by atoms with Gasteiger partial charge in [-0.1, -0.05) is 19.8 Å². The summed E-state index contributed by atoms with van der Waals surface area (Å²) >= 11 is 1.24. The lowest BCUT2D eigenvalue weighted by molar-refractivity contribution is 0.0529. The molecule has 0 amide bonds. The number of nitrogens with two attached hydrogens (primary N) is 1. The van der Waals surface area contributed by atoms with Crippen LogP contribution in [0.5, 0.6) is 0 Å². The molecule has 3 N–H and O–H groups in total. The molecule has 2 rings (SSSR count). The second kappa shape index (κ2) is 6.23. The zero-order valence-corrected chi connectivity index (χ0v) is 12.3. The Morgan fingerprint density at radius 1 is 1.58 bits per heavy atom. The van der Waals surface area contributed by atoms with E-state index in [0.29, 0.717) is 18.2 Å². The third kappa shape index (κ3) is 3.37. The normalized spacial score (nSPS) is 23.1. The Morgan fingerprint density at radius 2 is 2.37 bits per heavy atom. The molecular formula is C13H21N3O2S. The summed E-state index contributed by atoms with van der Waals surface area (Å²) in [4.78, 5) is 11.9. The fourth-order valence-corrected chi connectivity index (χ4v) is 3.33. The molecule has 1 saturated carbocycles. The molecule has 19 heavy (non-hydrogen) atoms. The smallest absolute Gasteiger partial charge is 0.344 e. The number of ether oxygens (including phenoxy) is 1. The molecule has 1 aromatic rings. The minimum atomic E-state index is -0.389.